The van der Waals surface area contributed by atoms with E-state index >= 15 is 0 Å². The van der Waals surface area contributed by atoms with Crippen LogP contribution in [0.1, 0.15) is 0 Å². The Balaban J connectivity index is 0.000000602. The number of benzene rings is 1. The predicted molar refractivity (Wildman–Crippen MR) is 70.1 cm³/mol. The molecule has 0 amide bonds. The van der Waals surface area contributed by atoms with Crippen LogP contribution < -0.4 is 79.5 Å². The fraction of sp³-hybridized carbons (Fsp3) is 0.333. The van der Waals surface area contributed by atoms with Gasteiger partial charge in [-0.05, 0) is 29.8 Å². The Bertz CT molecular complexity index is 557. The zero-order valence-electron chi connectivity index (χ0n) is 12.2. The van der Waals surface area contributed by atoms with E-state index in [0.717, 1.165) is 32.0 Å². The van der Waals surface area contributed by atoms with Gasteiger partial charge in [0.25, 0.3) is 0 Å². The van der Waals surface area contributed by atoms with Crippen molar-refractivity contribution in [3.05, 3.63) is 24.3 Å². The van der Waals surface area contributed by atoms with E-state index in [1.54, 1.807) is 11.5 Å². The largest absolute Gasteiger partial charge is 1.00 e. The Labute approximate surface area is 171 Å². The van der Waals surface area contributed by atoms with Gasteiger partial charge in [0.05, 0.1) is 4.70 Å². The van der Waals surface area contributed by atoms with Crippen LogP contribution in [0, 0.1) is 0 Å². The zero-order chi connectivity index (χ0) is 13.7. The maximum Gasteiger partial charge on any atom is 1.00 e. The first kappa shape index (κ1) is 21.1. The van der Waals surface area contributed by atoms with E-state index < -0.39 is 6.16 Å². The molecule has 2 aromatic rings. The Morgan fingerprint density at radius 1 is 1.19 bits per heavy atom. The van der Waals surface area contributed by atoms with Gasteiger partial charge in [-0.1, -0.05) is 12.1 Å². The molecule has 0 aliphatic carbocycles. The van der Waals surface area contributed by atoms with Gasteiger partial charge in [0, 0.05) is 31.6 Å². The summed E-state index contributed by atoms with van der Waals surface area (Å²) in [4.78, 5) is 10.7. The van der Waals surface area contributed by atoms with E-state index in [1.807, 2.05) is 0 Å². The Hall–Kier alpha value is 0.140. The first-order chi connectivity index (χ1) is 9.18. The van der Waals surface area contributed by atoms with Gasteiger partial charge in [-0.25, -0.2) is 0 Å². The third-order valence-electron chi connectivity index (χ3n) is 2.77. The third kappa shape index (κ3) is 6.42. The molecule has 1 fully saturated rings. The molecule has 0 bridgehead atoms. The minimum absolute atomic E-state index is 0. The van der Waals surface area contributed by atoms with Crippen molar-refractivity contribution in [2.24, 2.45) is 0 Å². The second-order valence-electron chi connectivity index (χ2n) is 3.99. The van der Waals surface area contributed by atoms with Gasteiger partial charge < -0.3 is 25.2 Å². The van der Waals surface area contributed by atoms with Crippen LogP contribution in [0.4, 0.5) is 10.6 Å². The van der Waals surface area contributed by atoms with E-state index in [-0.39, 0.29) is 59.1 Å². The van der Waals surface area contributed by atoms with E-state index in [1.165, 1.54) is 10.1 Å². The molecule has 1 aromatic carbocycles. The molecule has 0 unspecified atom stereocenters. The van der Waals surface area contributed by atoms with Gasteiger partial charge in [-0.2, -0.15) is 4.37 Å². The summed E-state index contributed by atoms with van der Waals surface area (Å²) in [5.74, 6) is 1.16. The summed E-state index contributed by atoms with van der Waals surface area (Å²) >= 11 is 1.60. The fourth-order valence-corrected chi connectivity index (χ4v) is 2.77. The molecule has 9 heteroatoms. The summed E-state index contributed by atoms with van der Waals surface area (Å²) in [6.07, 6.45) is -2.33. The summed E-state index contributed by atoms with van der Waals surface area (Å²) in [6, 6.07) is 8.46. The molecular formula is C12H13N3Na2O3S. The average Bonchev–Trinajstić information content (AvgIpc) is 2.83. The normalized spacial score (nSPS) is 13.4. The minimum atomic E-state index is -2.33. The van der Waals surface area contributed by atoms with Gasteiger partial charge in [0.15, 0.2) is 0 Å². The van der Waals surface area contributed by atoms with Crippen LogP contribution in [-0.2, 0) is 0 Å². The van der Waals surface area contributed by atoms with Crippen molar-refractivity contribution in [3.63, 3.8) is 0 Å². The molecule has 1 aliphatic heterocycles. The molecule has 0 spiro atoms. The third-order valence-corrected chi connectivity index (χ3v) is 3.59. The maximum atomic E-state index is 8.33. The van der Waals surface area contributed by atoms with Crippen LogP contribution in [0.15, 0.2) is 24.3 Å². The topological polar surface area (TPSA) is 91.3 Å². The molecule has 1 N–H and O–H groups in total. The molecule has 0 atom stereocenters. The number of hydrogen-bond acceptors (Lipinski definition) is 7. The second kappa shape index (κ2) is 10.8. The van der Waals surface area contributed by atoms with E-state index in [2.05, 4.69) is 38.9 Å². The van der Waals surface area contributed by atoms with Crippen LogP contribution in [0.5, 0.6) is 0 Å². The molecule has 3 rings (SSSR count). The molecule has 1 aliphatic rings. The van der Waals surface area contributed by atoms with Crippen LogP contribution in [0.2, 0.25) is 0 Å². The van der Waals surface area contributed by atoms with E-state index in [0.29, 0.717) is 0 Å². The van der Waals surface area contributed by atoms with Crippen LogP contribution in [-0.4, -0.2) is 36.7 Å². The number of hydrogen-bond donors (Lipinski definition) is 1. The SMILES string of the molecule is O=C([O-])[O-].[Na+].[Na+].c1ccc2c(N3CCNCC3)nsc2c1. The van der Waals surface area contributed by atoms with Crippen LogP contribution >= 0.6 is 11.5 Å². The Morgan fingerprint density at radius 2 is 1.76 bits per heavy atom. The average molecular weight is 325 g/mol. The summed E-state index contributed by atoms with van der Waals surface area (Å²) in [5, 5.41) is 21.3. The van der Waals surface area contributed by atoms with E-state index in [9.17, 15) is 0 Å². The summed E-state index contributed by atoms with van der Waals surface area (Å²) in [6.45, 7) is 4.25. The van der Waals surface area contributed by atoms with Gasteiger partial charge in [-0.15, -0.1) is 0 Å². The number of piperazine rings is 1. The van der Waals surface area contributed by atoms with Crippen LogP contribution in [0.25, 0.3) is 10.1 Å². The molecule has 102 valence electrons. The number of anilines is 1. The quantitative estimate of drug-likeness (QED) is 0.524. The number of nitrogens with zero attached hydrogens (tertiary/aromatic N) is 2. The standard InChI is InChI=1S/C11H13N3S.CH2O3.2Na/c1-2-4-10-9(3-1)11(13-15-10)14-7-5-12-6-8-14;2-1(3)4;;/h1-4,12H,5-8H2;(H2,2,3,4);;/q;;2*+1/p-2. The monoisotopic (exact) mass is 325 g/mol. The summed E-state index contributed by atoms with van der Waals surface area (Å²) in [5.41, 5.74) is 0. The number of aromatic nitrogens is 1. The van der Waals surface area contributed by atoms with Gasteiger partial charge in [0.1, 0.15) is 5.82 Å². The number of nitrogens with one attached hydrogen (secondary N) is 1. The maximum absolute atomic E-state index is 8.33. The van der Waals surface area contributed by atoms with Crippen molar-refractivity contribution in [2.45, 2.75) is 0 Å². The molecule has 1 saturated heterocycles. The van der Waals surface area contributed by atoms with Gasteiger partial charge in [0.2, 0.25) is 0 Å². The second-order valence-corrected chi connectivity index (χ2v) is 4.79. The zero-order valence-corrected chi connectivity index (χ0v) is 17.0. The fourth-order valence-electron chi connectivity index (χ4n) is 1.98. The molecule has 0 saturated carbocycles. The van der Waals surface area contributed by atoms with Gasteiger partial charge >= 0.3 is 59.1 Å². The summed E-state index contributed by atoms with van der Waals surface area (Å²) in [7, 11) is 0. The molecule has 6 nitrogen and oxygen atoms in total. The van der Waals surface area contributed by atoms with Gasteiger partial charge in [-0.3, -0.25) is 0 Å². The smallest absolute Gasteiger partial charge is 0.652 e. The first-order valence-electron chi connectivity index (χ1n) is 5.86. The Morgan fingerprint density at radius 3 is 2.38 bits per heavy atom. The van der Waals surface area contributed by atoms with Crippen molar-refractivity contribution in [1.82, 2.24) is 9.69 Å². The van der Waals surface area contributed by atoms with Crippen molar-refractivity contribution >= 4 is 33.6 Å². The molecular weight excluding hydrogens is 312 g/mol. The van der Waals surface area contributed by atoms with E-state index in [4.69, 9.17) is 15.0 Å². The van der Waals surface area contributed by atoms with Crippen molar-refractivity contribution in [2.75, 3.05) is 31.1 Å². The molecule has 21 heavy (non-hydrogen) atoms. The number of carboxylic acid groups (broad SMARTS) is 2. The molecule has 0 radical (unpaired) electrons. The minimum Gasteiger partial charge on any atom is -0.652 e. The molecule has 1 aromatic heterocycles. The number of carbonyl (C=O) groups is 1. The molecule has 2 heterocycles. The van der Waals surface area contributed by atoms with Crippen molar-refractivity contribution in [3.8, 4) is 0 Å². The number of carbonyl (C=O) groups excluding carboxylic acids is 1. The number of fused-ring (bicyclic) bond motifs is 1. The summed E-state index contributed by atoms with van der Waals surface area (Å²) < 4.78 is 5.84. The first-order valence-corrected chi connectivity index (χ1v) is 6.64. The van der Waals surface area contributed by atoms with Crippen LogP contribution in [0.3, 0.4) is 0 Å². The van der Waals surface area contributed by atoms with Crippen molar-refractivity contribution < 1.29 is 74.1 Å². The predicted octanol–water partition coefficient (Wildman–Crippen LogP) is -6.73. The Kier molecular flexibility index (Phi) is 10.9. The van der Waals surface area contributed by atoms with Crippen molar-refractivity contribution in [1.29, 1.82) is 0 Å². The number of rotatable bonds is 1.